The highest BCUT2D eigenvalue weighted by Gasteiger charge is 2.22. The highest BCUT2D eigenvalue weighted by Crippen LogP contribution is 2.28. The van der Waals surface area contributed by atoms with Gasteiger partial charge in [0.05, 0.1) is 25.5 Å². The van der Waals surface area contributed by atoms with Crippen molar-refractivity contribution in [2.24, 2.45) is 5.14 Å². The number of hydrogen-bond donors (Lipinski definition) is 1. The van der Waals surface area contributed by atoms with E-state index in [1.54, 1.807) is 7.11 Å². The van der Waals surface area contributed by atoms with Crippen LogP contribution in [0.1, 0.15) is 19.3 Å². The summed E-state index contributed by atoms with van der Waals surface area (Å²) in [6, 6.07) is 7.67. The maximum absolute atomic E-state index is 11.1. The summed E-state index contributed by atoms with van der Waals surface area (Å²) < 4.78 is 35.2. The van der Waals surface area contributed by atoms with Crippen molar-refractivity contribution in [3.8, 4) is 17.1 Å². The third-order valence-corrected chi connectivity index (χ3v) is 6.19. The predicted octanol–water partition coefficient (Wildman–Crippen LogP) is 1.90. The quantitative estimate of drug-likeness (QED) is 0.495. The second-order valence-corrected chi connectivity index (χ2v) is 9.15. The van der Waals surface area contributed by atoms with Gasteiger partial charge in [-0.15, -0.1) is 10.2 Å². The molecule has 1 aromatic carbocycles. The summed E-state index contributed by atoms with van der Waals surface area (Å²) in [6.45, 7) is 1.45. The van der Waals surface area contributed by atoms with E-state index in [-0.39, 0.29) is 11.9 Å². The van der Waals surface area contributed by atoms with E-state index < -0.39 is 10.0 Å². The van der Waals surface area contributed by atoms with Crippen molar-refractivity contribution >= 4 is 21.8 Å². The second-order valence-electron chi connectivity index (χ2n) is 6.35. The molecular formula is C17H24N4O4S2. The standard InChI is InChI=1S/C17H24N4O4S2/c1-24-14-7-5-13(6-8-14)16-19-20-17(26-10-3-11-27(18,22)23)21(16)12-15-4-2-9-25-15/h5-8,15H,2-4,9-12H2,1H3,(H2,18,22,23). The average Bonchev–Trinajstić information content (AvgIpc) is 3.29. The van der Waals surface area contributed by atoms with E-state index in [4.69, 9.17) is 14.6 Å². The van der Waals surface area contributed by atoms with E-state index in [0.717, 1.165) is 41.7 Å². The highest BCUT2D eigenvalue weighted by atomic mass is 32.2. The maximum Gasteiger partial charge on any atom is 0.209 e. The van der Waals surface area contributed by atoms with Crippen molar-refractivity contribution < 1.29 is 17.9 Å². The van der Waals surface area contributed by atoms with E-state index in [2.05, 4.69) is 14.8 Å². The Kier molecular flexibility index (Phi) is 6.74. The smallest absolute Gasteiger partial charge is 0.209 e. The molecule has 0 amide bonds. The van der Waals surface area contributed by atoms with Gasteiger partial charge in [-0.1, -0.05) is 11.8 Å². The fourth-order valence-electron chi connectivity index (χ4n) is 2.93. The molecule has 1 aliphatic heterocycles. The van der Waals surface area contributed by atoms with Gasteiger partial charge in [0.1, 0.15) is 5.75 Å². The van der Waals surface area contributed by atoms with Crippen LogP contribution in [0.15, 0.2) is 29.4 Å². The lowest BCUT2D eigenvalue weighted by molar-refractivity contribution is 0.0953. The molecule has 0 saturated carbocycles. The zero-order valence-corrected chi connectivity index (χ0v) is 16.8. The summed E-state index contributed by atoms with van der Waals surface area (Å²) in [4.78, 5) is 0. The number of thioether (sulfide) groups is 1. The molecule has 27 heavy (non-hydrogen) atoms. The SMILES string of the molecule is COc1ccc(-c2nnc(SCCCS(N)(=O)=O)n2CC2CCCO2)cc1. The van der Waals surface area contributed by atoms with Crippen LogP contribution >= 0.6 is 11.8 Å². The first kappa shape index (κ1) is 20.1. The minimum absolute atomic E-state index is 0.0365. The van der Waals surface area contributed by atoms with E-state index in [9.17, 15) is 8.42 Å². The van der Waals surface area contributed by atoms with Crippen LogP contribution in [0.4, 0.5) is 0 Å². The summed E-state index contributed by atoms with van der Waals surface area (Å²) in [5, 5.41) is 14.5. The molecule has 0 aliphatic carbocycles. The Morgan fingerprint density at radius 2 is 2.11 bits per heavy atom. The summed E-state index contributed by atoms with van der Waals surface area (Å²) in [6.07, 6.45) is 2.67. The van der Waals surface area contributed by atoms with E-state index >= 15 is 0 Å². The molecule has 1 fully saturated rings. The number of ether oxygens (including phenoxy) is 2. The van der Waals surface area contributed by atoms with Crippen LogP contribution in [0.3, 0.4) is 0 Å². The Hall–Kier alpha value is -1.62. The van der Waals surface area contributed by atoms with Crippen molar-refractivity contribution in [1.29, 1.82) is 0 Å². The van der Waals surface area contributed by atoms with Gasteiger partial charge in [0.2, 0.25) is 10.0 Å². The van der Waals surface area contributed by atoms with Crippen molar-refractivity contribution in [1.82, 2.24) is 14.8 Å². The van der Waals surface area contributed by atoms with Gasteiger partial charge in [-0.2, -0.15) is 0 Å². The van der Waals surface area contributed by atoms with Crippen molar-refractivity contribution in [2.45, 2.75) is 37.1 Å². The van der Waals surface area contributed by atoms with Gasteiger partial charge in [0.25, 0.3) is 0 Å². The fourth-order valence-corrected chi connectivity index (χ4v) is 4.55. The zero-order chi connectivity index (χ0) is 19.3. The Labute approximate surface area is 163 Å². The monoisotopic (exact) mass is 412 g/mol. The second kappa shape index (κ2) is 9.05. The van der Waals surface area contributed by atoms with Crippen LogP contribution in [-0.4, -0.2) is 54.5 Å². The van der Waals surface area contributed by atoms with Gasteiger partial charge in [0, 0.05) is 17.9 Å². The Balaban J connectivity index is 1.78. The van der Waals surface area contributed by atoms with Crippen LogP contribution < -0.4 is 9.88 Å². The normalized spacial score (nSPS) is 17.3. The molecule has 3 rings (SSSR count). The van der Waals surface area contributed by atoms with Crippen molar-refractivity contribution in [2.75, 3.05) is 25.2 Å². The van der Waals surface area contributed by atoms with E-state index in [1.807, 2.05) is 24.3 Å². The Morgan fingerprint density at radius 3 is 2.74 bits per heavy atom. The predicted molar refractivity (Wildman–Crippen MR) is 104 cm³/mol. The van der Waals surface area contributed by atoms with Crippen LogP contribution in [0.2, 0.25) is 0 Å². The van der Waals surface area contributed by atoms with Gasteiger partial charge in [-0.3, -0.25) is 4.57 Å². The molecular weight excluding hydrogens is 388 g/mol. The molecule has 2 N–H and O–H groups in total. The number of rotatable bonds is 9. The van der Waals surface area contributed by atoms with Crippen LogP contribution in [0, 0.1) is 0 Å². The summed E-state index contributed by atoms with van der Waals surface area (Å²) in [5.41, 5.74) is 0.942. The molecule has 2 heterocycles. The minimum atomic E-state index is -3.44. The van der Waals surface area contributed by atoms with Gasteiger partial charge >= 0.3 is 0 Å². The summed E-state index contributed by atoms with van der Waals surface area (Å²) in [7, 11) is -1.81. The van der Waals surface area contributed by atoms with Crippen LogP contribution in [0.25, 0.3) is 11.4 Å². The molecule has 1 atom stereocenters. The molecule has 1 aromatic heterocycles. The number of aromatic nitrogens is 3. The number of nitrogens with two attached hydrogens (primary N) is 1. The first-order chi connectivity index (χ1) is 13.0. The first-order valence-electron chi connectivity index (χ1n) is 8.79. The molecule has 0 radical (unpaired) electrons. The van der Waals surface area contributed by atoms with Gasteiger partial charge in [0.15, 0.2) is 11.0 Å². The maximum atomic E-state index is 11.1. The topological polar surface area (TPSA) is 109 Å². The molecule has 1 unspecified atom stereocenters. The molecule has 0 bridgehead atoms. The first-order valence-corrected chi connectivity index (χ1v) is 11.5. The van der Waals surface area contributed by atoms with Crippen molar-refractivity contribution in [3.63, 3.8) is 0 Å². The third kappa shape index (κ3) is 5.68. The highest BCUT2D eigenvalue weighted by molar-refractivity contribution is 7.99. The molecule has 8 nitrogen and oxygen atoms in total. The Bertz CT molecular complexity index is 846. The largest absolute Gasteiger partial charge is 0.497 e. The van der Waals surface area contributed by atoms with Gasteiger partial charge in [-0.05, 0) is 43.5 Å². The number of nitrogens with zero attached hydrogens (tertiary/aromatic N) is 3. The number of sulfonamides is 1. The molecule has 10 heteroatoms. The van der Waals surface area contributed by atoms with Gasteiger partial charge < -0.3 is 9.47 Å². The summed E-state index contributed by atoms with van der Waals surface area (Å²) >= 11 is 1.48. The van der Waals surface area contributed by atoms with E-state index in [1.165, 1.54) is 11.8 Å². The minimum Gasteiger partial charge on any atom is -0.497 e. The zero-order valence-electron chi connectivity index (χ0n) is 15.2. The molecule has 1 aliphatic rings. The lowest BCUT2D eigenvalue weighted by Crippen LogP contribution is -2.17. The van der Waals surface area contributed by atoms with Crippen molar-refractivity contribution in [3.05, 3.63) is 24.3 Å². The van der Waals surface area contributed by atoms with Crippen LogP contribution in [0.5, 0.6) is 5.75 Å². The lowest BCUT2D eigenvalue weighted by Gasteiger charge is -2.15. The number of primary sulfonamides is 1. The van der Waals surface area contributed by atoms with Crippen LogP contribution in [-0.2, 0) is 21.3 Å². The molecule has 2 aromatic rings. The molecule has 148 valence electrons. The third-order valence-electron chi connectivity index (χ3n) is 4.28. The fraction of sp³-hybridized carbons (Fsp3) is 0.529. The van der Waals surface area contributed by atoms with Gasteiger partial charge in [-0.25, -0.2) is 13.6 Å². The number of hydrogen-bond acceptors (Lipinski definition) is 7. The number of benzene rings is 1. The molecule has 0 spiro atoms. The molecule has 1 saturated heterocycles. The Morgan fingerprint density at radius 1 is 1.33 bits per heavy atom. The number of methoxy groups -OCH3 is 1. The van der Waals surface area contributed by atoms with E-state index in [0.29, 0.717) is 18.7 Å². The average molecular weight is 413 g/mol. The lowest BCUT2D eigenvalue weighted by atomic mass is 10.2. The summed E-state index contributed by atoms with van der Waals surface area (Å²) in [5.74, 6) is 2.11.